The molecule has 2 aromatic rings. The van der Waals surface area contributed by atoms with E-state index in [1.165, 1.54) is 0 Å². The molecule has 14 heavy (non-hydrogen) atoms. The van der Waals surface area contributed by atoms with E-state index in [4.69, 9.17) is 5.26 Å². The number of aromatic nitrogens is 1. The Hall–Kier alpha value is -2.14. The summed E-state index contributed by atoms with van der Waals surface area (Å²) in [6, 6.07) is 16.9. The van der Waals surface area contributed by atoms with Crippen LogP contribution < -0.4 is 0 Å². The Bertz CT molecular complexity index is 349. The monoisotopic (exact) mass is 182 g/mol. The predicted octanol–water partition coefficient (Wildman–Crippen LogP) is 2.64. The molecule has 2 nitrogen and oxygen atoms in total. The van der Waals surface area contributed by atoms with E-state index in [2.05, 4.69) is 4.98 Å². The van der Waals surface area contributed by atoms with Gasteiger partial charge in [-0.05, 0) is 24.3 Å². The highest BCUT2D eigenvalue weighted by atomic mass is 14.6. The number of hydrogen-bond acceptors (Lipinski definition) is 2. The van der Waals surface area contributed by atoms with E-state index >= 15 is 0 Å². The number of benzene rings is 1. The molecular formula is C12H10N2. The molecule has 68 valence electrons. The van der Waals surface area contributed by atoms with Gasteiger partial charge in [-0.15, -0.1) is 0 Å². The van der Waals surface area contributed by atoms with Gasteiger partial charge in [-0.25, -0.2) is 0 Å². The predicted molar refractivity (Wildman–Crippen MR) is 55.4 cm³/mol. The molecule has 0 bridgehead atoms. The fourth-order valence-corrected chi connectivity index (χ4v) is 0.825. The molecule has 0 unspecified atom stereocenters. The average molecular weight is 182 g/mol. The van der Waals surface area contributed by atoms with Crippen molar-refractivity contribution in [3.63, 3.8) is 0 Å². The van der Waals surface area contributed by atoms with Gasteiger partial charge in [0.25, 0.3) is 0 Å². The van der Waals surface area contributed by atoms with Crippen LogP contribution in [-0.2, 0) is 0 Å². The lowest BCUT2D eigenvalue weighted by atomic mass is 10.2. The maximum atomic E-state index is 8.29. The van der Waals surface area contributed by atoms with Crippen LogP contribution in [0.5, 0.6) is 0 Å². The van der Waals surface area contributed by atoms with Gasteiger partial charge < -0.3 is 0 Å². The molecule has 0 spiro atoms. The first-order chi connectivity index (χ1) is 6.93. The van der Waals surface area contributed by atoms with Crippen molar-refractivity contribution in [2.75, 3.05) is 0 Å². The smallest absolute Gasteiger partial charge is 0.0991 e. The third kappa shape index (κ3) is 4.03. The normalized spacial score (nSPS) is 7.93. The van der Waals surface area contributed by atoms with E-state index in [-0.39, 0.29) is 0 Å². The van der Waals surface area contributed by atoms with Crippen LogP contribution in [0.15, 0.2) is 60.9 Å². The molecular weight excluding hydrogens is 172 g/mol. The van der Waals surface area contributed by atoms with Crippen LogP contribution in [0.1, 0.15) is 5.56 Å². The first kappa shape index (κ1) is 9.94. The number of rotatable bonds is 0. The zero-order valence-electron chi connectivity index (χ0n) is 7.67. The van der Waals surface area contributed by atoms with E-state index in [1.807, 2.05) is 42.5 Å². The zero-order chi connectivity index (χ0) is 10.1. The topological polar surface area (TPSA) is 36.7 Å². The van der Waals surface area contributed by atoms with Crippen molar-refractivity contribution in [1.29, 1.82) is 5.26 Å². The Balaban J connectivity index is 0.000000146. The van der Waals surface area contributed by atoms with Crippen molar-refractivity contribution < 1.29 is 0 Å². The minimum atomic E-state index is 0.715. The SMILES string of the molecule is N#Cc1ccccc1.c1ccncc1. The third-order valence-corrected chi connectivity index (χ3v) is 1.47. The molecule has 2 rings (SSSR count). The molecule has 1 aromatic carbocycles. The molecule has 0 N–H and O–H groups in total. The van der Waals surface area contributed by atoms with E-state index < -0.39 is 0 Å². The van der Waals surface area contributed by atoms with Gasteiger partial charge in [-0.3, -0.25) is 4.98 Å². The van der Waals surface area contributed by atoms with Crippen molar-refractivity contribution in [2.24, 2.45) is 0 Å². The molecule has 0 amide bonds. The van der Waals surface area contributed by atoms with E-state index in [0.717, 1.165) is 0 Å². The fraction of sp³-hybridized carbons (Fsp3) is 0. The van der Waals surface area contributed by atoms with Crippen LogP contribution in [0, 0.1) is 11.3 Å². The standard InChI is InChI=1S/C7H5N.C5H5N/c8-6-7-4-2-1-3-5-7;1-2-4-6-5-3-1/h1-5H;1-5H. The molecule has 0 aliphatic rings. The van der Waals surface area contributed by atoms with Crippen molar-refractivity contribution in [3.8, 4) is 6.07 Å². The second-order valence-corrected chi connectivity index (χ2v) is 2.50. The van der Waals surface area contributed by atoms with Crippen molar-refractivity contribution >= 4 is 0 Å². The summed E-state index contributed by atoms with van der Waals surface area (Å²) >= 11 is 0. The molecule has 1 aromatic heterocycles. The molecule has 0 aliphatic heterocycles. The minimum absolute atomic E-state index is 0.715. The molecule has 0 saturated carbocycles. The van der Waals surface area contributed by atoms with Crippen LogP contribution in [0.4, 0.5) is 0 Å². The number of nitrogens with zero attached hydrogens (tertiary/aromatic N) is 2. The van der Waals surface area contributed by atoms with Gasteiger partial charge >= 0.3 is 0 Å². The Kier molecular flexibility index (Phi) is 4.53. The van der Waals surface area contributed by atoms with E-state index in [9.17, 15) is 0 Å². The van der Waals surface area contributed by atoms with Gasteiger partial charge in [0, 0.05) is 12.4 Å². The van der Waals surface area contributed by atoms with Gasteiger partial charge in [0.15, 0.2) is 0 Å². The molecule has 0 atom stereocenters. The fourth-order valence-electron chi connectivity index (χ4n) is 0.825. The molecule has 0 radical (unpaired) electrons. The summed E-state index contributed by atoms with van der Waals surface area (Å²) in [5.41, 5.74) is 0.715. The van der Waals surface area contributed by atoms with Crippen LogP contribution in [0.3, 0.4) is 0 Å². The van der Waals surface area contributed by atoms with Crippen LogP contribution in [0.2, 0.25) is 0 Å². The molecule has 0 aliphatic carbocycles. The summed E-state index contributed by atoms with van der Waals surface area (Å²) in [4.78, 5) is 3.78. The van der Waals surface area contributed by atoms with Gasteiger partial charge in [-0.1, -0.05) is 24.3 Å². The van der Waals surface area contributed by atoms with Crippen LogP contribution >= 0.6 is 0 Å². The summed E-state index contributed by atoms with van der Waals surface area (Å²) in [5.74, 6) is 0. The Morgan fingerprint density at radius 3 is 1.71 bits per heavy atom. The Labute approximate surface area is 83.5 Å². The van der Waals surface area contributed by atoms with Crippen LogP contribution in [0.25, 0.3) is 0 Å². The lowest BCUT2D eigenvalue weighted by molar-refractivity contribution is 1.33. The van der Waals surface area contributed by atoms with E-state index in [0.29, 0.717) is 5.56 Å². The van der Waals surface area contributed by atoms with Crippen LogP contribution in [-0.4, -0.2) is 4.98 Å². The summed E-state index contributed by atoms with van der Waals surface area (Å²) in [6.45, 7) is 0. The average Bonchev–Trinajstić information content (AvgIpc) is 2.33. The maximum absolute atomic E-state index is 8.29. The Morgan fingerprint density at radius 2 is 1.43 bits per heavy atom. The van der Waals surface area contributed by atoms with Crippen molar-refractivity contribution in [3.05, 3.63) is 66.5 Å². The lowest BCUT2D eigenvalue weighted by Crippen LogP contribution is -1.66. The summed E-state index contributed by atoms with van der Waals surface area (Å²) in [5, 5.41) is 8.29. The van der Waals surface area contributed by atoms with Gasteiger partial charge in [0.1, 0.15) is 0 Å². The second kappa shape index (κ2) is 6.38. The molecule has 0 fully saturated rings. The largest absolute Gasteiger partial charge is 0.265 e. The molecule has 2 heteroatoms. The molecule has 0 saturated heterocycles. The summed E-state index contributed by atoms with van der Waals surface area (Å²) < 4.78 is 0. The van der Waals surface area contributed by atoms with Crippen molar-refractivity contribution in [1.82, 2.24) is 4.98 Å². The highest BCUT2D eigenvalue weighted by Crippen LogP contribution is 1.93. The molecule has 1 heterocycles. The quantitative estimate of drug-likeness (QED) is 0.628. The maximum Gasteiger partial charge on any atom is 0.0991 e. The van der Waals surface area contributed by atoms with Gasteiger partial charge in [0.05, 0.1) is 11.6 Å². The number of hydrogen-bond donors (Lipinski definition) is 0. The highest BCUT2D eigenvalue weighted by Gasteiger charge is 1.79. The van der Waals surface area contributed by atoms with Crippen molar-refractivity contribution in [2.45, 2.75) is 0 Å². The third-order valence-electron chi connectivity index (χ3n) is 1.47. The van der Waals surface area contributed by atoms with Gasteiger partial charge in [-0.2, -0.15) is 5.26 Å². The highest BCUT2D eigenvalue weighted by molar-refractivity contribution is 5.27. The minimum Gasteiger partial charge on any atom is -0.265 e. The lowest BCUT2D eigenvalue weighted by Gasteiger charge is -1.80. The number of nitriles is 1. The summed E-state index contributed by atoms with van der Waals surface area (Å²) in [6.07, 6.45) is 3.50. The zero-order valence-corrected chi connectivity index (χ0v) is 7.67. The Morgan fingerprint density at radius 1 is 0.857 bits per heavy atom. The summed E-state index contributed by atoms with van der Waals surface area (Å²) in [7, 11) is 0. The first-order valence-corrected chi connectivity index (χ1v) is 4.23. The second-order valence-electron chi connectivity index (χ2n) is 2.50. The van der Waals surface area contributed by atoms with Gasteiger partial charge in [0.2, 0.25) is 0 Å². The van der Waals surface area contributed by atoms with E-state index in [1.54, 1.807) is 24.5 Å². The number of pyridine rings is 1. The first-order valence-electron chi connectivity index (χ1n) is 4.23.